The predicted octanol–water partition coefficient (Wildman–Crippen LogP) is 5.10. The molecule has 0 radical (unpaired) electrons. The van der Waals surface area contributed by atoms with E-state index in [1.165, 1.54) is 11.6 Å². The number of hydrogen-bond acceptors (Lipinski definition) is 1. The molecule has 1 nitrogen and oxygen atoms in total. The van der Waals surface area contributed by atoms with Crippen LogP contribution in [0.1, 0.15) is 35.1 Å². The lowest BCUT2D eigenvalue weighted by Crippen LogP contribution is -2.29. The molecule has 3 heteroatoms. The number of benzene rings is 2. The molecule has 0 spiro atoms. The van der Waals surface area contributed by atoms with Crippen LogP contribution in [0.4, 0.5) is 14.5 Å². The third-order valence-corrected chi connectivity index (χ3v) is 4.82. The third kappa shape index (κ3) is 2.04. The second kappa shape index (κ2) is 4.94. The van der Waals surface area contributed by atoms with E-state index >= 15 is 0 Å². The number of anilines is 1. The highest BCUT2D eigenvalue weighted by Crippen LogP contribution is 2.50. The van der Waals surface area contributed by atoms with Gasteiger partial charge in [0.05, 0.1) is 11.7 Å². The quantitative estimate of drug-likeness (QED) is 0.722. The van der Waals surface area contributed by atoms with Crippen LogP contribution >= 0.6 is 0 Å². The summed E-state index contributed by atoms with van der Waals surface area (Å²) in [6, 6.07) is 10.8. The maximum absolute atomic E-state index is 14.2. The van der Waals surface area contributed by atoms with Gasteiger partial charge in [-0.25, -0.2) is 8.78 Å². The van der Waals surface area contributed by atoms with Crippen molar-refractivity contribution >= 4 is 5.69 Å². The average molecular weight is 297 g/mol. The van der Waals surface area contributed by atoms with Crippen LogP contribution in [-0.2, 0) is 0 Å². The molecule has 2 aromatic rings. The Morgan fingerprint density at radius 1 is 1.09 bits per heavy atom. The summed E-state index contributed by atoms with van der Waals surface area (Å²) in [6.45, 7) is 2.05. The highest BCUT2D eigenvalue weighted by molar-refractivity contribution is 5.60. The summed E-state index contributed by atoms with van der Waals surface area (Å²) >= 11 is 0. The molecule has 3 unspecified atom stereocenters. The Kier molecular flexibility index (Phi) is 3.03. The van der Waals surface area contributed by atoms with E-state index < -0.39 is 11.6 Å². The smallest absolute Gasteiger partial charge is 0.149 e. The predicted molar refractivity (Wildman–Crippen MR) is 83.9 cm³/mol. The lowest BCUT2D eigenvalue weighted by Gasteiger charge is -2.37. The number of fused-ring (bicyclic) bond motifs is 3. The number of rotatable bonds is 1. The van der Waals surface area contributed by atoms with E-state index in [0.717, 1.165) is 23.6 Å². The van der Waals surface area contributed by atoms with Gasteiger partial charge in [0, 0.05) is 12.0 Å². The summed E-state index contributed by atoms with van der Waals surface area (Å²) in [5.74, 6) is -0.638. The van der Waals surface area contributed by atoms with Gasteiger partial charge in [0.1, 0.15) is 11.6 Å². The molecule has 1 N–H and O–H groups in total. The van der Waals surface area contributed by atoms with E-state index in [1.54, 1.807) is 0 Å². The highest BCUT2D eigenvalue weighted by Gasteiger charge is 2.39. The Hall–Kier alpha value is -2.16. The molecular formula is C19H17F2N. The first kappa shape index (κ1) is 13.5. The SMILES string of the molecule is Cc1ccc(C2Nc3c(F)cc(F)cc3C3C=CCC32)cc1. The van der Waals surface area contributed by atoms with Crippen LogP contribution in [-0.4, -0.2) is 0 Å². The second-order valence-electron chi connectivity index (χ2n) is 6.24. The molecule has 22 heavy (non-hydrogen) atoms. The largest absolute Gasteiger partial charge is 0.375 e. The van der Waals surface area contributed by atoms with Gasteiger partial charge in [0.25, 0.3) is 0 Å². The molecule has 0 fully saturated rings. The summed E-state index contributed by atoms with van der Waals surface area (Å²) in [5.41, 5.74) is 3.53. The van der Waals surface area contributed by atoms with Crippen LogP contribution in [0.3, 0.4) is 0 Å². The van der Waals surface area contributed by atoms with Crippen LogP contribution < -0.4 is 5.32 Å². The van der Waals surface area contributed by atoms with Crippen LogP contribution in [0.25, 0.3) is 0 Å². The van der Waals surface area contributed by atoms with Crippen molar-refractivity contribution in [3.8, 4) is 0 Å². The second-order valence-corrected chi connectivity index (χ2v) is 6.24. The molecule has 1 heterocycles. The lowest BCUT2D eigenvalue weighted by atomic mass is 9.77. The third-order valence-electron chi connectivity index (χ3n) is 4.82. The van der Waals surface area contributed by atoms with Crippen molar-refractivity contribution in [1.29, 1.82) is 0 Å². The van der Waals surface area contributed by atoms with Gasteiger partial charge in [-0.1, -0.05) is 42.0 Å². The fraction of sp³-hybridized carbons (Fsp3) is 0.263. The molecule has 0 saturated heterocycles. The van der Waals surface area contributed by atoms with Crippen molar-refractivity contribution in [2.45, 2.75) is 25.3 Å². The van der Waals surface area contributed by atoms with Crippen molar-refractivity contribution < 1.29 is 8.78 Å². The minimum Gasteiger partial charge on any atom is -0.375 e. The monoisotopic (exact) mass is 297 g/mol. The molecule has 1 aliphatic heterocycles. The van der Waals surface area contributed by atoms with Crippen LogP contribution in [0.15, 0.2) is 48.6 Å². The fourth-order valence-corrected chi connectivity index (χ4v) is 3.72. The summed E-state index contributed by atoms with van der Waals surface area (Å²) in [4.78, 5) is 0. The number of hydrogen-bond donors (Lipinski definition) is 1. The van der Waals surface area contributed by atoms with E-state index in [1.807, 2.05) is 0 Å². The van der Waals surface area contributed by atoms with Gasteiger partial charge in [0.2, 0.25) is 0 Å². The first-order valence-electron chi connectivity index (χ1n) is 7.62. The van der Waals surface area contributed by atoms with E-state index in [-0.39, 0.29) is 12.0 Å². The molecule has 0 bridgehead atoms. The zero-order valence-corrected chi connectivity index (χ0v) is 12.3. The van der Waals surface area contributed by atoms with Crippen molar-refractivity contribution in [3.05, 3.63) is 76.9 Å². The summed E-state index contributed by atoms with van der Waals surface area (Å²) in [7, 11) is 0. The van der Waals surface area contributed by atoms with E-state index in [4.69, 9.17) is 0 Å². The fourth-order valence-electron chi connectivity index (χ4n) is 3.72. The maximum atomic E-state index is 14.2. The van der Waals surface area contributed by atoms with Gasteiger partial charge in [-0.15, -0.1) is 0 Å². The Morgan fingerprint density at radius 3 is 2.64 bits per heavy atom. The number of aryl methyl sites for hydroxylation is 1. The van der Waals surface area contributed by atoms with Crippen molar-refractivity contribution in [2.75, 3.05) is 5.32 Å². The van der Waals surface area contributed by atoms with E-state index in [2.05, 4.69) is 48.7 Å². The molecule has 2 aliphatic rings. The number of allylic oxidation sites excluding steroid dienone is 2. The highest BCUT2D eigenvalue weighted by atomic mass is 19.1. The first-order chi connectivity index (χ1) is 10.6. The standard InChI is InChI=1S/C19H17F2N/c1-11-5-7-12(8-6-11)18-15-4-2-3-14(15)16-9-13(20)10-17(21)19(16)22-18/h2-3,5-10,14-15,18,22H,4H2,1H3. The molecule has 2 aromatic carbocycles. The van der Waals surface area contributed by atoms with Crippen LogP contribution in [0.2, 0.25) is 0 Å². The van der Waals surface area contributed by atoms with Crippen LogP contribution in [0, 0.1) is 24.5 Å². The van der Waals surface area contributed by atoms with Gasteiger partial charge in [-0.2, -0.15) is 0 Å². The first-order valence-corrected chi connectivity index (χ1v) is 7.62. The van der Waals surface area contributed by atoms with Crippen molar-refractivity contribution in [2.24, 2.45) is 5.92 Å². The van der Waals surface area contributed by atoms with Gasteiger partial charge in [-0.05, 0) is 36.5 Å². The molecule has 0 amide bonds. The van der Waals surface area contributed by atoms with Gasteiger partial charge in [0.15, 0.2) is 0 Å². The topological polar surface area (TPSA) is 12.0 Å². The molecule has 0 saturated carbocycles. The Bertz CT molecular complexity index is 749. The molecule has 112 valence electrons. The van der Waals surface area contributed by atoms with Crippen LogP contribution in [0.5, 0.6) is 0 Å². The summed E-state index contributed by atoms with van der Waals surface area (Å²) in [6.07, 6.45) is 5.13. The molecule has 3 atom stereocenters. The average Bonchev–Trinajstić information content (AvgIpc) is 2.97. The Morgan fingerprint density at radius 2 is 1.86 bits per heavy atom. The number of nitrogens with one attached hydrogen (secondary N) is 1. The van der Waals surface area contributed by atoms with E-state index in [0.29, 0.717) is 11.6 Å². The molecular weight excluding hydrogens is 280 g/mol. The molecule has 1 aliphatic carbocycles. The zero-order chi connectivity index (χ0) is 15.3. The van der Waals surface area contributed by atoms with Crippen molar-refractivity contribution in [3.63, 3.8) is 0 Å². The zero-order valence-electron chi connectivity index (χ0n) is 12.3. The van der Waals surface area contributed by atoms with Gasteiger partial charge < -0.3 is 5.32 Å². The van der Waals surface area contributed by atoms with Gasteiger partial charge in [-0.3, -0.25) is 0 Å². The minimum absolute atomic E-state index is 0.0491. The summed E-state index contributed by atoms with van der Waals surface area (Å²) < 4.78 is 27.8. The maximum Gasteiger partial charge on any atom is 0.149 e. The van der Waals surface area contributed by atoms with Gasteiger partial charge >= 0.3 is 0 Å². The Balaban J connectivity index is 1.82. The number of halogens is 2. The Labute approximate surface area is 128 Å². The van der Waals surface area contributed by atoms with E-state index in [9.17, 15) is 8.78 Å². The molecule has 0 aromatic heterocycles. The summed E-state index contributed by atoms with van der Waals surface area (Å²) in [5, 5.41) is 3.32. The lowest BCUT2D eigenvalue weighted by molar-refractivity contribution is 0.418. The normalized spacial score (nSPS) is 25.5. The van der Waals surface area contributed by atoms with Crippen molar-refractivity contribution in [1.82, 2.24) is 0 Å². The minimum atomic E-state index is -0.508. The molecule has 4 rings (SSSR count).